The maximum absolute atomic E-state index is 8.50. The number of aryl methyl sites for hydroxylation is 1. The molecule has 0 spiro atoms. The first kappa shape index (κ1) is 12.3. The van der Waals surface area contributed by atoms with Gasteiger partial charge in [0.2, 0.25) is 0 Å². The van der Waals surface area contributed by atoms with Crippen molar-refractivity contribution in [2.45, 2.75) is 33.2 Å². The number of nitrogens with zero attached hydrogens (tertiary/aromatic N) is 2. The number of amidine groups is 1. The molecule has 0 saturated carbocycles. The lowest BCUT2D eigenvalue weighted by atomic mass is 10.0. The maximum atomic E-state index is 8.50. The van der Waals surface area contributed by atoms with Crippen molar-refractivity contribution < 1.29 is 0 Å². The van der Waals surface area contributed by atoms with Gasteiger partial charge in [0.25, 0.3) is 0 Å². The molecule has 0 aliphatic carbocycles. The number of nitrogens with one attached hydrogen (secondary N) is 1. The van der Waals surface area contributed by atoms with Crippen LogP contribution in [0.1, 0.15) is 37.4 Å². The highest BCUT2D eigenvalue weighted by Crippen LogP contribution is 2.21. The molecule has 3 heteroatoms. The van der Waals surface area contributed by atoms with E-state index in [0.717, 1.165) is 6.42 Å². The van der Waals surface area contributed by atoms with Crippen LogP contribution in [-0.2, 0) is 0 Å². The third-order valence-electron chi connectivity index (χ3n) is 2.40. The predicted molar refractivity (Wildman–Crippen MR) is 66.1 cm³/mol. The lowest BCUT2D eigenvalue weighted by Crippen LogP contribution is -2.14. The van der Waals surface area contributed by atoms with E-state index in [1.165, 1.54) is 11.1 Å². The molecule has 1 rings (SSSR count). The highest BCUT2D eigenvalue weighted by Gasteiger charge is 2.07. The van der Waals surface area contributed by atoms with Crippen LogP contribution < -0.4 is 5.32 Å². The van der Waals surface area contributed by atoms with Gasteiger partial charge in [-0.05, 0) is 25.8 Å². The number of aliphatic imine (C=N–C) groups is 1. The van der Waals surface area contributed by atoms with E-state index >= 15 is 0 Å². The van der Waals surface area contributed by atoms with Crippen LogP contribution in [0.15, 0.2) is 29.3 Å². The van der Waals surface area contributed by atoms with Crippen LogP contribution in [0.2, 0.25) is 0 Å². The van der Waals surface area contributed by atoms with Crippen LogP contribution in [0.3, 0.4) is 0 Å². The molecule has 1 N–H and O–H groups in total. The van der Waals surface area contributed by atoms with Gasteiger partial charge in [0.05, 0.1) is 6.04 Å². The van der Waals surface area contributed by atoms with Crippen LogP contribution in [0.25, 0.3) is 0 Å². The van der Waals surface area contributed by atoms with Crippen molar-refractivity contribution in [3.8, 4) is 6.19 Å². The number of hydrogen-bond donors (Lipinski definition) is 1. The summed E-state index contributed by atoms with van der Waals surface area (Å²) in [6.45, 7) is 5.97. The van der Waals surface area contributed by atoms with Gasteiger partial charge in [-0.2, -0.15) is 5.26 Å². The van der Waals surface area contributed by atoms with Crippen molar-refractivity contribution in [1.82, 2.24) is 5.32 Å². The summed E-state index contributed by atoms with van der Waals surface area (Å²) in [5, 5.41) is 11.0. The van der Waals surface area contributed by atoms with Crippen LogP contribution in [0.4, 0.5) is 0 Å². The Kier molecular flexibility index (Phi) is 4.53. The summed E-state index contributed by atoms with van der Waals surface area (Å²) in [4.78, 5) is 4.48. The number of hydrogen-bond acceptors (Lipinski definition) is 2. The largest absolute Gasteiger partial charge is 0.281 e. The fourth-order valence-electron chi connectivity index (χ4n) is 1.63. The van der Waals surface area contributed by atoms with Crippen LogP contribution in [0.5, 0.6) is 0 Å². The number of nitriles is 1. The van der Waals surface area contributed by atoms with Gasteiger partial charge >= 0.3 is 0 Å². The smallest absolute Gasteiger partial charge is 0.182 e. The van der Waals surface area contributed by atoms with E-state index in [0.29, 0.717) is 5.84 Å². The molecule has 16 heavy (non-hydrogen) atoms. The lowest BCUT2D eigenvalue weighted by molar-refractivity contribution is 0.697. The Morgan fingerprint density at radius 3 is 2.88 bits per heavy atom. The van der Waals surface area contributed by atoms with Crippen LogP contribution in [0, 0.1) is 18.4 Å². The van der Waals surface area contributed by atoms with E-state index in [2.05, 4.69) is 42.4 Å². The van der Waals surface area contributed by atoms with E-state index < -0.39 is 0 Å². The molecule has 3 nitrogen and oxygen atoms in total. The molecule has 0 aliphatic heterocycles. The molecule has 0 aromatic heterocycles. The third-order valence-corrected chi connectivity index (χ3v) is 2.40. The van der Waals surface area contributed by atoms with Gasteiger partial charge in [-0.15, -0.1) is 0 Å². The molecule has 0 radical (unpaired) electrons. The first-order valence-corrected chi connectivity index (χ1v) is 5.43. The first-order valence-electron chi connectivity index (χ1n) is 5.43. The predicted octanol–water partition coefficient (Wildman–Crippen LogP) is 2.94. The average Bonchev–Trinajstić information content (AvgIpc) is 2.26. The second kappa shape index (κ2) is 5.92. The van der Waals surface area contributed by atoms with E-state index in [9.17, 15) is 0 Å². The zero-order chi connectivity index (χ0) is 12.0. The van der Waals surface area contributed by atoms with E-state index in [1.54, 1.807) is 0 Å². The van der Waals surface area contributed by atoms with E-state index in [1.807, 2.05) is 19.2 Å². The zero-order valence-corrected chi connectivity index (χ0v) is 9.99. The van der Waals surface area contributed by atoms with Gasteiger partial charge in [-0.3, -0.25) is 10.3 Å². The van der Waals surface area contributed by atoms with Gasteiger partial charge in [-0.25, -0.2) is 0 Å². The van der Waals surface area contributed by atoms with E-state index in [4.69, 9.17) is 5.26 Å². The summed E-state index contributed by atoms with van der Waals surface area (Å²) < 4.78 is 0. The van der Waals surface area contributed by atoms with Gasteiger partial charge in [-0.1, -0.05) is 36.8 Å². The van der Waals surface area contributed by atoms with E-state index in [-0.39, 0.29) is 6.04 Å². The lowest BCUT2D eigenvalue weighted by Gasteiger charge is -2.12. The van der Waals surface area contributed by atoms with Crippen LogP contribution >= 0.6 is 0 Å². The molecule has 1 unspecified atom stereocenters. The SMILES string of the molecule is CCC(N=C(C)NC#N)c1cccc(C)c1. The summed E-state index contributed by atoms with van der Waals surface area (Å²) in [6.07, 6.45) is 2.80. The molecular weight excluding hydrogens is 198 g/mol. The topological polar surface area (TPSA) is 48.2 Å². The molecule has 1 aromatic rings. The molecule has 0 bridgehead atoms. The molecule has 1 aromatic carbocycles. The van der Waals surface area contributed by atoms with Crippen molar-refractivity contribution >= 4 is 5.84 Å². The van der Waals surface area contributed by atoms with Crippen molar-refractivity contribution in [3.05, 3.63) is 35.4 Å². The minimum absolute atomic E-state index is 0.126. The zero-order valence-electron chi connectivity index (χ0n) is 9.99. The summed E-state index contributed by atoms with van der Waals surface area (Å²) >= 11 is 0. The standard InChI is InChI=1S/C13H17N3/c1-4-13(16-11(3)15-9-14)12-7-5-6-10(2)8-12/h5-8,13H,4H2,1-3H3,(H,15,16). The Bertz CT molecular complexity index is 415. The average molecular weight is 215 g/mol. The van der Waals surface area contributed by atoms with Crippen molar-refractivity contribution in [2.24, 2.45) is 4.99 Å². The number of rotatable bonds is 3. The number of benzene rings is 1. The maximum Gasteiger partial charge on any atom is 0.182 e. The second-order valence-electron chi connectivity index (χ2n) is 3.79. The Labute approximate surface area is 96.8 Å². The van der Waals surface area contributed by atoms with Gasteiger partial charge < -0.3 is 0 Å². The molecule has 0 heterocycles. The fraction of sp³-hybridized carbons (Fsp3) is 0.385. The molecule has 0 saturated heterocycles. The summed E-state index contributed by atoms with van der Waals surface area (Å²) in [7, 11) is 0. The molecule has 0 amide bonds. The third kappa shape index (κ3) is 3.39. The summed E-state index contributed by atoms with van der Waals surface area (Å²) in [6, 6.07) is 8.44. The molecule has 1 atom stereocenters. The Morgan fingerprint density at radius 2 is 2.31 bits per heavy atom. The molecule has 0 fully saturated rings. The van der Waals surface area contributed by atoms with Crippen molar-refractivity contribution in [2.75, 3.05) is 0 Å². The Hall–Kier alpha value is -1.82. The second-order valence-corrected chi connectivity index (χ2v) is 3.79. The minimum Gasteiger partial charge on any atom is -0.281 e. The minimum atomic E-state index is 0.126. The summed E-state index contributed by atoms with van der Waals surface area (Å²) in [5.74, 6) is 0.663. The Balaban J connectivity index is 2.91. The Morgan fingerprint density at radius 1 is 1.56 bits per heavy atom. The normalized spacial score (nSPS) is 13.0. The monoisotopic (exact) mass is 215 g/mol. The molecule has 84 valence electrons. The van der Waals surface area contributed by atoms with Crippen molar-refractivity contribution in [1.29, 1.82) is 5.26 Å². The highest BCUT2D eigenvalue weighted by molar-refractivity contribution is 5.81. The van der Waals surface area contributed by atoms with Crippen LogP contribution in [-0.4, -0.2) is 5.84 Å². The first-order chi connectivity index (χ1) is 7.67. The summed E-state index contributed by atoms with van der Waals surface area (Å²) in [5.41, 5.74) is 2.43. The van der Waals surface area contributed by atoms with Gasteiger partial charge in [0.15, 0.2) is 6.19 Å². The molecule has 0 aliphatic rings. The van der Waals surface area contributed by atoms with Gasteiger partial charge in [0.1, 0.15) is 5.84 Å². The fourth-order valence-corrected chi connectivity index (χ4v) is 1.63. The quantitative estimate of drug-likeness (QED) is 0.365. The molecular formula is C13H17N3. The van der Waals surface area contributed by atoms with Gasteiger partial charge in [0, 0.05) is 0 Å². The highest BCUT2D eigenvalue weighted by atomic mass is 15.0. The van der Waals surface area contributed by atoms with Crippen molar-refractivity contribution in [3.63, 3.8) is 0 Å².